The largest absolute Gasteiger partial charge is 0.395 e. The molecule has 0 bridgehead atoms. The van der Waals surface area contributed by atoms with E-state index in [2.05, 4.69) is 15.9 Å². The lowest BCUT2D eigenvalue weighted by Crippen LogP contribution is -2.50. The zero-order valence-electron chi connectivity index (χ0n) is 17.1. The summed E-state index contributed by atoms with van der Waals surface area (Å²) in [6, 6.07) is 1.88. The second-order valence-corrected chi connectivity index (χ2v) is 9.20. The van der Waals surface area contributed by atoms with Gasteiger partial charge in [-0.05, 0) is 13.0 Å². The summed E-state index contributed by atoms with van der Waals surface area (Å²) in [5, 5.41) is 4.14. The van der Waals surface area contributed by atoms with Gasteiger partial charge in [0.1, 0.15) is 27.8 Å². The van der Waals surface area contributed by atoms with Gasteiger partial charge in [-0.25, -0.2) is 10.8 Å². The second-order valence-electron chi connectivity index (χ2n) is 6.78. The SMILES string of the molecule is C#Cc1cncc(SC(OC2COC2C)[C@H](CN(N)/C=C(\N)c2nc(Cl)cs2)OC)c1. The van der Waals surface area contributed by atoms with Gasteiger partial charge in [0.15, 0.2) is 0 Å². The van der Waals surface area contributed by atoms with Crippen molar-refractivity contribution in [3.8, 4) is 12.3 Å². The number of rotatable bonds is 10. The molecule has 0 spiro atoms. The molecular formula is C20H24ClN5O3S2. The van der Waals surface area contributed by atoms with Crippen LogP contribution in [0.2, 0.25) is 5.15 Å². The number of nitrogens with zero attached hydrogens (tertiary/aromatic N) is 3. The van der Waals surface area contributed by atoms with Gasteiger partial charge in [0.05, 0.1) is 25.0 Å². The number of ether oxygens (including phenoxy) is 3. The van der Waals surface area contributed by atoms with Crippen molar-refractivity contribution in [2.75, 3.05) is 20.3 Å². The molecule has 0 aromatic carbocycles. The van der Waals surface area contributed by atoms with Crippen LogP contribution in [-0.2, 0) is 14.2 Å². The van der Waals surface area contributed by atoms with Crippen LogP contribution >= 0.6 is 34.7 Å². The van der Waals surface area contributed by atoms with Crippen LogP contribution in [0.3, 0.4) is 0 Å². The predicted molar refractivity (Wildman–Crippen MR) is 123 cm³/mol. The highest BCUT2D eigenvalue weighted by molar-refractivity contribution is 7.99. The van der Waals surface area contributed by atoms with Gasteiger partial charge in [0.25, 0.3) is 0 Å². The Morgan fingerprint density at radius 3 is 2.97 bits per heavy atom. The minimum Gasteiger partial charge on any atom is -0.395 e. The lowest BCUT2D eigenvalue weighted by molar-refractivity contribution is -0.198. The van der Waals surface area contributed by atoms with Crippen LogP contribution < -0.4 is 11.6 Å². The summed E-state index contributed by atoms with van der Waals surface area (Å²) in [4.78, 5) is 9.21. The first-order valence-electron chi connectivity index (χ1n) is 9.37. The Morgan fingerprint density at radius 2 is 2.39 bits per heavy atom. The molecule has 0 amide bonds. The third kappa shape index (κ3) is 6.57. The van der Waals surface area contributed by atoms with Crippen LogP contribution in [0.15, 0.2) is 34.9 Å². The molecule has 2 aromatic rings. The van der Waals surface area contributed by atoms with E-state index in [1.807, 2.05) is 13.0 Å². The van der Waals surface area contributed by atoms with Crippen molar-refractivity contribution < 1.29 is 14.2 Å². The number of thioether (sulfide) groups is 1. The Labute approximate surface area is 194 Å². The fourth-order valence-corrected chi connectivity index (χ4v) is 4.73. The van der Waals surface area contributed by atoms with E-state index in [9.17, 15) is 0 Å². The Morgan fingerprint density at radius 1 is 1.58 bits per heavy atom. The molecule has 1 fully saturated rings. The average Bonchev–Trinajstić information content (AvgIpc) is 3.20. The minimum atomic E-state index is -0.388. The molecule has 2 aromatic heterocycles. The van der Waals surface area contributed by atoms with Gasteiger partial charge in [0.2, 0.25) is 0 Å². The maximum absolute atomic E-state index is 6.29. The molecular weight excluding hydrogens is 458 g/mol. The molecule has 11 heteroatoms. The highest BCUT2D eigenvalue weighted by Gasteiger charge is 2.35. The molecule has 1 aliphatic rings. The van der Waals surface area contributed by atoms with Gasteiger partial charge >= 0.3 is 0 Å². The standard InChI is InChI=1S/C20H24ClN5O3S2/c1-4-13-5-14(7-24-6-13)31-20(29-17-10-28-12(17)2)16(27-3)9-26(23)8-15(22)19-25-18(21)11-30-19/h1,5-8,11-12,16-17,20H,9-10,22-23H2,2-3H3/b15-8-/t12?,16-,17?,20?/m0/s1. The maximum atomic E-state index is 6.29. The summed E-state index contributed by atoms with van der Waals surface area (Å²) < 4.78 is 17.5. The number of hydrogen-bond donors (Lipinski definition) is 2. The number of hydrazine groups is 1. The van der Waals surface area contributed by atoms with Crippen LogP contribution in [0.5, 0.6) is 0 Å². The Balaban J connectivity index is 1.73. The predicted octanol–water partition coefficient (Wildman–Crippen LogP) is 2.54. The molecule has 1 aliphatic heterocycles. The number of methoxy groups -OCH3 is 1. The van der Waals surface area contributed by atoms with Gasteiger partial charge in [-0.1, -0.05) is 29.3 Å². The highest BCUT2D eigenvalue weighted by atomic mass is 35.5. The van der Waals surface area contributed by atoms with E-state index in [1.165, 1.54) is 28.1 Å². The zero-order valence-corrected chi connectivity index (χ0v) is 19.5. The maximum Gasteiger partial charge on any atom is 0.142 e. The fraction of sp³-hybridized carbons (Fsp3) is 0.400. The lowest BCUT2D eigenvalue weighted by Gasteiger charge is -2.38. The minimum absolute atomic E-state index is 0.00921. The number of hydrogen-bond acceptors (Lipinski definition) is 10. The zero-order chi connectivity index (χ0) is 22.4. The van der Waals surface area contributed by atoms with Crippen LogP contribution in [0, 0.1) is 12.3 Å². The summed E-state index contributed by atoms with van der Waals surface area (Å²) in [5.74, 6) is 8.78. The van der Waals surface area contributed by atoms with E-state index in [1.54, 1.807) is 31.1 Å². The van der Waals surface area contributed by atoms with Crippen molar-refractivity contribution in [1.29, 1.82) is 0 Å². The molecule has 3 heterocycles. The van der Waals surface area contributed by atoms with E-state index in [4.69, 9.17) is 43.8 Å². The molecule has 166 valence electrons. The monoisotopic (exact) mass is 481 g/mol. The first-order chi connectivity index (χ1) is 14.9. The quantitative estimate of drug-likeness (QED) is 0.174. The summed E-state index contributed by atoms with van der Waals surface area (Å²) in [5.41, 5.74) is 6.81. The van der Waals surface area contributed by atoms with Crippen molar-refractivity contribution in [3.05, 3.63) is 45.8 Å². The van der Waals surface area contributed by atoms with Crippen molar-refractivity contribution in [3.63, 3.8) is 0 Å². The van der Waals surface area contributed by atoms with Gasteiger partial charge < -0.3 is 25.0 Å². The van der Waals surface area contributed by atoms with Crippen molar-refractivity contribution in [2.45, 2.75) is 35.6 Å². The molecule has 8 nitrogen and oxygen atoms in total. The summed E-state index contributed by atoms with van der Waals surface area (Å²) in [6.45, 7) is 2.82. The van der Waals surface area contributed by atoms with Gasteiger partial charge in [-0.2, -0.15) is 0 Å². The van der Waals surface area contributed by atoms with Crippen LogP contribution in [-0.4, -0.2) is 59.0 Å². The molecule has 3 rings (SSSR count). The molecule has 0 radical (unpaired) electrons. The van der Waals surface area contributed by atoms with Crippen LogP contribution in [0.25, 0.3) is 5.70 Å². The molecule has 1 saturated heterocycles. The topological polar surface area (TPSA) is 109 Å². The number of pyridine rings is 1. The number of terminal acetylenes is 1. The van der Waals surface area contributed by atoms with Gasteiger partial charge in [-0.15, -0.1) is 17.8 Å². The molecule has 3 unspecified atom stereocenters. The second kappa shape index (κ2) is 11.2. The van der Waals surface area contributed by atoms with Crippen LogP contribution in [0.1, 0.15) is 17.5 Å². The Bertz CT molecular complexity index is 951. The fourth-order valence-electron chi connectivity index (χ4n) is 2.73. The van der Waals surface area contributed by atoms with E-state index >= 15 is 0 Å². The Hall–Kier alpha value is -1.84. The van der Waals surface area contributed by atoms with E-state index in [0.717, 1.165) is 4.90 Å². The molecule has 0 aliphatic carbocycles. The third-order valence-electron chi connectivity index (χ3n) is 4.51. The highest BCUT2D eigenvalue weighted by Crippen LogP contribution is 2.31. The summed E-state index contributed by atoms with van der Waals surface area (Å²) in [6.07, 6.45) is 10.0. The molecule has 0 saturated carbocycles. The third-order valence-corrected chi connectivity index (χ3v) is 6.87. The smallest absolute Gasteiger partial charge is 0.142 e. The van der Waals surface area contributed by atoms with E-state index in [-0.39, 0.29) is 23.7 Å². The number of thiazole rings is 1. The number of aromatic nitrogens is 2. The van der Waals surface area contributed by atoms with Crippen molar-refractivity contribution in [2.24, 2.45) is 11.6 Å². The van der Waals surface area contributed by atoms with E-state index in [0.29, 0.717) is 34.6 Å². The molecule has 4 N–H and O–H groups in total. The number of nitrogens with two attached hydrogens (primary N) is 2. The van der Waals surface area contributed by atoms with Crippen molar-refractivity contribution in [1.82, 2.24) is 15.0 Å². The normalized spacial score (nSPS) is 20.5. The van der Waals surface area contributed by atoms with E-state index < -0.39 is 0 Å². The van der Waals surface area contributed by atoms with Crippen molar-refractivity contribution >= 4 is 40.4 Å². The molecule has 4 atom stereocenters. The first kappa shape index (κ1) is 23.8. The first-order valence-corrected chi connectivity index (χ1v) is 11.5. The van der Waals surface area contributed by atoms with Crippen LogP contribution in [0.4, 0.5) is 0 Å². The summed E-state index contributed by atoms with van der Waals surface area (Å²) >= 11 is 8.68. The lowest BCUT2D eigenvalue weighted by atomic mass is 10.1. The number of halogens is 1. The summed E-state index contributed by atoms with van der Waals surface area (Å²) in [7, 11) is 1.61. The molecule has 31 heavy (non-hydrogen) atoms. The Kier molecular flexibility index (Phi) is 8.57. The van der Waals surface area contributed by atoms with Gasteiger partial charge in [0, 0.05) is 41.5 Å². The average molecular weight is 482 g/mol. The van der Waals surface area contributed by atoms with Gasteiger partial charge in [-0.3, -0.25) is 4.98 Å².